The van der Waals surface area contributed by atoms with Crippen LogP contribution in [0.15, 0.2) is 35.3 Å². The largest absolute Gasteiger partial charge is 0.428 e. The Labute approximate surface area is 131 Å². The first-order valence-electron chi connectivity index (χ1n) is 6.07. The van der Waals surface area contributed by atoms with Gasteiger partial charge in [0.15, 0.2) is 0 Å². The quantitative estimate of drug-likeness (QED) is 0.783. The molecule has 2 rings (SSSR count). The first kappa shape index (κ1) is 15.4. The van der Waals surface area contributed by atoms with E-state index in [9.17, 15) is 10.0 Å². The zero-order chi connectivity index (χ0) is 15.6. The van der Waals surface area contributed by atoms with Crippen LogP contribution < -0.4 is 10.7 Å². The summed E-state index contributed by atoms with van der Waals surface area (Å²) < 4.78 is 1.02. The second kappa shape index (κ2) is 6.20. The predicted molar refractivity (Wildman–Crippen MR) is 82.1 cm³/mol. The number of halogens is 2. The maximum Gasteiger partial charge on any atom is 0.345 e. The fraction of sp³-hybridized carbons (Fsp3) is 0.143. The summed E-state index contributed by atoms with van der Waals surface area (Å²) in [5, 5.41) is 13.4. The molecule has 7 heteroatoms. The van der Waals surface area contributed by atoms with Gasteiger partial charge in [-0.15, -0.1) is 0 Å². The van der Waals surface area contributed by atoms with Gasteiger partial charge in [0.1, 0.15) is 0 Å². The third kappa shape index (κ3) is 3.77. The zero-order valence-corrected chi connectivity index (χ0v) is 12.9. The molecule has 2 amide bonds. The van der Waals surface area contributed by atoms with Crippen molar-refractivity contribution in [1.82, 2.24) is 4.73 Å². The molecule has 0 saturated heterocycles. The van der Waals surface area contributed by atoms with Gasteiger partial charge in [-0.2, -0.15) is 9.72 Å². The molecule has 0 bridgehead atoms. The maximum absolute atomic E-state index is 11.9. The fourth-order valence-electron chi connectivity index (χ4n) is 1.78. The number of rotatable bonds is 1. The van der Waals surface area contributed by atoms with E-state index in [0.29, 0.717) is 32.5 Å². The summed E-state index contributed by atoms with van der Waals surface area (Å²) in [5.74, 6) is 0. The number of pyridine rings is 1. The second-order valence-corrected chi connectivity index (χ2v) is 5.29. The molecular formula is C14H13Cl2N3O2. The smallest absolute Gasteiger partial charge is 0.345 e. The predicted octanol–water partition coefficient (Wildman–Crippen LogP) is 3.78. The van der Waals surface area contributed by atoms with Crippen LogP contribution in [0.25, 0.3) is 0 Å². The van der Waals surface area contributed by atoms with Crippen molar-refractivity contribution in [3.05, 3.63) is 57.1 Å². The summed E-state index contributed by atoms with van der Waals surface area (Å²) in [5.41, 5.74) is 1.66. The van der Waals surface area contributed by atoms with Crippen LogP contribution >= 0.6 is 23.2 Å². The van der Waals surface area contributed by atoms with Crippen LogP contribution in [-0.4, -0.2) is 16.0 Å². The molecule has 0 aliphatic heterocycles. The Kier molecular flexibility index (Phi) is 4.55. The molecule has 0 spiro atoms. The van der Waals surface area contributed by atoms with Crippen LogP contribution in [0.1, 0.15) is 11.4 Å². The van der Waals surface area contributed by atoms with Gasteiger partial charge in [-0.1, -0.05) is 23.2 Å². The molecule has 1 heterocycles. The number of benzene rings is 1. The highest BCUT2D eigenvalue weighted by atomic mass is 35.5. The van der Waals surface area contributed by atoms with Gasteiger partial charge in [-0.25, -0.2) is 4.79 Å². The minimum Gasteiger partial charge on any atom is -0.428 e. The van der Waals surface area contributed by atoms with E-state index >= 15 is 0 Å². The molecule has 1 aromatic heterocycles. The van der Waals surface area contributed by atoms with Gasteiger partial charge in [0.2, 0.25) is 0 Å². The van der Waals surface area contributed by atoms with Crippen LogP contribution in [0.5, 0.6) is 0 Å². The van der Waals surface area contributed by atoms with Gasteiger partial charge in [0.05, 0.1) is 26.8 Å². The van der Waals surface area contributed by atoms with E-state index in [1.807, 2.05) is 0 Å². The topological polar surface area (TPSA) is 66.6 Å². The van der Waals surface area contributed by atoms with Gasteiger partial charge >= 0.3 is 6.03 Å². The van der Waals surface area contributed by atoms with Crippen molar-refractivity contribution < 1.29 is 10.0 Å². The van der Waals surface area contributed by atoms with Crippen molar-refractivity contribution in [3.63, 3.8) is 0 Å². The number of carbonyl (C=O) groups excluding carboxylic acids is 1. The van der Waals surface area contributed by atoms with Gasteiger partial charge in [0.25, 0.3) is 0 Å². The monoisotopic (exact) mass is 325 g/mol. The lowest BCUT2D eigenvalue weighted by Crippen LogP contribution is -2.16. The number of urea groups is 1. The molecule has 0 unspecified atom stereocenters. The molecule has 110 valence electrons. The van der Waals surface area contributed by atoms with Crippen molar-refractivity contribution >= 4 is 34.9 Å². The Balaban J connectivity index is 2.25. The normalized spacial score (nSPS) is 10.3. The van der Waals surface area contributed by atoms with E-state index in [-0.39, 0.29) is 0 Å². The summed E-state index contributed by atoms with van der Waals surface area (Å²) in [7, 11) is 0. The van der Waals surface area contributed by atoms with E-state index < -0.39 is 6.03 Å². The van der Waals surface area contributed by atoms with Gasteiger partial charge < -0.3 is 10.5 Å². The lowest BCUT2D eigenvalue weighted by Gasteiger charge is -2.06. The molecule has 0 radical (unpaired) electrons. The summed E-state index contributed by atoms with van der Waals surface area (Å²) in [6, 6.07) is 7.42. The van der Waals surface area contributed by atoms with E-state index in [2.05, 4.69) is 10.3 Å². The first-order valence-corrected chi connectivity index (χ1v) is 6.83. The summed E-state index contributed by atoms with van der Waals surface area (Å²) in [4.78, 5) is 15.8. The zero-order valence-electron chi connectivity index (χ0n) is 11.4. The number of anilines is 1. The molecule has 2 aromatic rings. The standard InChI is InChI=1S/C14H13Cl2N3O2/c1-8-5-11(6-9(2)19(8)21)18-14(20)17-10-3-4-12(15)13(16)7-10/h3-7,21H,1-2H3,(H,17,20). The Morgan fingerprint density at radius 3 is 2.33 bits per heavy atom. The van der Waals surface area contributed by atoms with E-state index in [0.717, 1.165) is 4.73 Å². The Morgan fingerprint density at radius 1 is 1.14 bits per heavy atom. The fourth-order valence-corrected chi connectivity index (χ4v) is 2.08. The number of hydrogen-bond donors (Lipinski definition) is 2. The molecule has 0 atom stereocenters. The van der Waals surface area contributed by atoms with Crippen LogP contribution in [0.4, 0.5) is 10.5 Å². The van der Waals surface area contributed by atoms with Crippen LogP contribution in [0.3, 0.4) is 0 Å². The van der Waals surface area contributed by atoms with E-state index in [4.69, 9.17) is 23.2 Å². The first-order chi connectivity index (χ1) is 9.86. The van der Waals surface area contributed by atoms with Crippen molar-refractivity contribution in [2.24, 2.45) is 4.99 Å². The molecule has 5 nitrogen and oxygen atoms in total. The molecular weight excluding hydrogens is 313 g/mol. The highest BCUT2D eigenvalue weighted by molar-refractivity contribution is 6.42. The minimum atomic E-state index is -0.539. The molecule has 0 aliphatic rings. The van der Waals surface area contributed by atoms with Gasteiger partial charge in [-0.3, -0.25) is 0 Å². The molecule has 0 aliphatic carbocycles. The Morgan fingerprint density at radius 2 is 1.76 bits per heavy atom. The summed E-state index contributed by atoms with van der Waals surface area (Å²) in [6.45, 7) is 3.42. The van der Waals surface area contributed by atoms with Crippen LogP contribution in [0.2, 0.25) is 10.0 Å². The second-order valence-electron chi connectivity index (χ2n) is 4.48. The lowest BCUT2D eigenvalue weighted by atomic mass is 10.3. The Hall–Kier alpha value is -1.98. The molecule has 2 N–H and O–H groups in total. The van der Waals surface area contributed by atoms with Crippen molar-refractivity contribution in [2.45, 2.75) is 13.8 Å². The van der Waals surface area contributed by atoms with Crippen LogP contribution in [0, 0.1) is 13.8 Å². The molecule has 1 aromatic carbocycles. The van der Waals surface area contributed by atoms with Crippen LogP contribution in [-0.2, 0) is 0 Å². The lowest BCUT2D eigenvalue weighted by molar-refractivity contribution is 0.170. The average Bonchev–Trinajstić information content (AvgIpc) is 2.40. The highest BCUT2D eigenvalue weighted by Gasteiger charge is 2.04. The number of aromatic nitrogens is 1. The number of aryl methyl sites for hydroxylation is 2. The number of nitrogens with zero attached hydrogens (tertiary/aromatic N) is 2. The van der Waals surface area contributed by atoms with Crippen molar-refractivity contribution in [3.8, 4) is 0 Å². The highest BCUT2D eigenvalue weighted by Crippen LogP contribution is 2.24. The minimum absolute atomic E-state index is 0.349. The average molecular weight is 326 g/mol. The van der Waals surface area contributed by atoms with Gasteiger partial charge in [-0.05, 0) is 44.2 Å². The SMILES string of the molecule is Cc1cc(=NC(=O)Nc2ccc(Cl)c(Cl)c2)cc(C)n1O. The van der Waals surface area contributed by atoms with E-state index in [1.54, 1.807) is 44.2 Å². The number of nitrogens with one attached hydrogen (secondary N) is 1. The van der Waals surface area contributed by atoms with E-state index in [1.165, 1.54) is 0 Å². The number of carbonyl (C=O) groups is 1. The molecule has 0 fully saturated rings. The third-order valence-electron chi connectivity index (χ3n) is 2.78. The number of hydrogen-bond acceptors (Lipinski definition) is 2. The van der Waals surface area contributed by atoms with Crippen molar-refractivity contribution in [2.75, 3.05) is 5.32 Å². The number of amides is 2. The van der Waals surface area contributed by atoms with Gasteiger partial charge in [0, 0.05) is 5.69 Å². The summed E-state index contributed by atoms with van der Waals surface area (Å²) >= 11 is 11.7. The third-order valence-corrected chi connectivity index (χ3v) is 3.52. The Bertz CT molecular complexity index is 743. The maximum atomic E-state index is 11.9. The molecule has 0 saturated carbocycles. The molecule has 21 heavy (non-hydrogen) atoms. The summed E-state index contributed by atoms with van der Waals surface area (Å²) in [6.07, 6.45) is 0. The van der Waals surface area contributed by atoms with Crippen molar-refractivity contribution in [1.29, 1.82) is 0 Å².